The van der Waals surface area contributed by atoms with Crippen LogP contribution in [0.2, 0.25) is 0 Å². The highest BCUT2D eigenvalue weighted by molar-refractivity contribution is 5.68. The topological polar surface area (TPSA) is 68.5 Å². The normalized spacial score (nSPS) is 20.7. The Balaban J connectivity index is 2.08. The van der Waals surface area contributed by atoms with E-state index in [0.717, 1.165) is 12.0 Å². The molecule has 0 aliphatic carbocycles. The molecule has 2 heterocycles. The van der Waals surface area contributed by atoms with Gasteiger partial charge in [0.05, 0.1) is 12.6 Å². The first kappa shape index (κ1) is 10.9. The van der Waals surface area contributed by atoms with Crippen LogP contribution in [0, 0.1) is 0 Å². The van der Waals surface area contributed by atoms with E-state index in [1.54, 1.807) is 17.3 Å². The fourth-order valence-electron chi connectivity index (χ4n) is 1.79. The lowest BCUT2D eigenvalue weighted by Gasteiger charge is -2.34. The van der Waals surface area contributed by atoms with E-state index < -0.39 is 0 Å². The van der Waals surface area contributed by atoms with Crippen LogP contribution >= 0.6 is 0 Å². The Morgan fingerprint density at radius 3 is 2.94 bits per heavy atom. The summed E-state index contributed by atoms with van der Waals surface area (Å²) < 4.78 is 5.01. The van der Waals surface area contributed by atoms with Gasteiger partial charge in [-0.3, -0.25) is 9.88 Å². The van der Waals surface area contributed by atoms with Gasteiger partial charge in [-0.25, -0.2) is 4.79 Å². The molecule has 0 spiro atoms. The first-order valence-electron chi connectivity index (χ1n) is 5.33. The zero-order chi connectivity index (χ0) is 11.4. The summed E-state index contributed by atoms with van der Waals surface area (Å²) in [5.74, 6) is 0. The Hall–Kier alpha value is -1.62. The van der Waals surface area contributed by atoms with Crippen molar-refractivity contribution in [3.05, 3.63) is 30.1 Å². The maximum atomic E-state index is 11.6. The van der Waals surface area contributed by atoms with Crippen molar-refractivity contribution in [2.24, 2.45) is 5.73 Å². The number of cyclic esters (lactones) is 1. The molecule has 1 aliphatic rings. The number of aromatic nitrogens is 1. The van der Waals surface area contributed by atoms with E-state index in [1.165, 1.54) is 0 Å². The molecule has 1 atom stereocenters. The zero-order valence-electron chi connectivity index (χ0n) is 9.00. The van der Waals surface area contributed by atoms with Crippen LogP contribution < -0.4 is 5.73 Å². The standard InChI is InChI=1S/C11H15N3O2/c12-7-10-3-6-16-11(15)14(10)8-9-1-4-13-5-2-9/h1-2,4-5,10H,3,6-8,12H2. The third-order valence-electron chi connectivity index (χ3n) is 2.73. The van der Waals surface area contributed by atoms with Crippen LogP contribution in [-0.2, 0) is 11.3 Å². The van der Waals surface area contributed by atoms with Crippen molar-refractivity contribution in [2.75, 3.05) is 13.2 Å². The molecule has 0 saturated carbocycles. The van der Waals surface area contributed by atoms with E-state index >= 15 is 0 Å². The number of rotatable bonds is 3. The van der Waals surface area contributed by atoms with Crippen LogP contribution in [0.3, 0.4) is 0 Å². The van der Waals surface area contributed by atoms with Crippen LogP contribution in [0.4, 0.5) is 4.79 Å². The van der Waals surface area contributed by atoms with Gasteiger partial charge in [0.2, 0.25) is 0 Å². The molecule has 5 nitrogen and oxygen atoms in total. The second-order valence-corrected chi connectivity index (χ2v) is 3.78. The van der Waals surface area contributed by atoms with Gasteiger partial charge in [0.15, 0.2) is 0 Å². The maximum Gasteiger partial charge on any atom is 0.410 e. The molecule has 2 rings (SSSR count). The van der Waals surface area contributed by atoms with Crippen LogP contribution in [0.15, 0.2) is 24.5 Å². The molecule has 0 aromatic carbocycles. The number of carbonyl (C=O) groups is 1. The number of carbonyl (C=O) groups excluding carboxylic acids is 1. The fraction of sp³-hybridized carbons (Fsp3) is 0.455. The molecule has 5 heteroatoms. The molecule has 1 saturated heterocycles. The third-order valence-corrected chi connectivity index (χ3v) is 2.73. The van der Waals surface area contributed by atoms with Crippen LogP contribution in [0.1, 0.15) is 12.0 Å². The Morgan fingerprint density at radius 2 is 2.25 bits per heavy atom. The van der Waals surface area contributed by atoms with Crippen molar-refractivity contribution in [1.29, 1.82) is 0 Å². The molecule has 2 N–H and O–H groups in total. The first-order valence-corrected chi connectivity index (χ1v) is 5.33. The number of ether oxygens (including phenoxy) is 1. The minimum atomic E-state index is -0.279. The second kappa shape index (κ2) is 4.94. The molecule has 1 aromatic heterocycles. The second-order valence-electron chi connectivity index (χ2n) is 3.78. The number of hydrogen-bond acceptors (Lipinski definition) is 4. The van der Waals surface area contributed by atoms with Gasteiger partial charge >= 0.3 is 6.09 Å². The molecule has 16 heavy (non-hydrogen) atoms. The molecule has 1 fully saturated rings. The monoisotopic (exact) mass is 221 g/mol. The van der Waals surface area contributed by atoms with Gasteiger partial charge in [-0.15, -0.1) is 0 Å². The molecule has 1 unspecified atom stereocenters. The number of nitrogens with zero attached hydrogens (tertiary/aromatic N) is 2. The Bertz CT molecular complexity index is 356. The average Bonchev–Trinajstić information content (AvgIpc) is 2.33. The molecule has 0 bridgehead atoms. The molecule has 1 aliphatic heterocycles. The average molecular weight is 221 g/mol. The molecule has 86 valence electrons. The minimum absolute atomic E-state index is 0.0782. The minimum Gasteiger partial charge on any atom is -0.449 e. The van der Waals surface area contributed by atoms with Crippen molar-refractivity contribution < 1.29 is 9.53 Å². The molecule has 0 radical (unpaired) electrons. The largest absolute Gasteiger partial charge is 0.449 e. The summed E-state index contributed by atoms with van der Waals surface area (Å²) in [6.07, 6.45) is 3.94. The highest BCUT2D eigenvalue weighted by Gasteiger charge is 2.28. The summed E-state index contributed by atoms with van der Waals surface area (Å²) in [5.41, 5.74) is 6.68. The lowest BCUT2D eigenvalue weighted by molar-refractivity contribution is 0.0429. The SMILES string of the molecule is NCC1CCOC(=O)N1Cc1ccncc1. The highest BCUT2D eigenvalue weighted by atomic mass is 16.6. The van der Waals surface area contributed by atoms with Gasteiger partial charge in [0, 0.05) is 31.9 Å². The van der Waals surface area contributed by atoms with E-state index in [-0.39, 0.29) is 12.1 Å². The van der Waals surface area contributed by atoms with Gasteiger partial charge in [0.25, 0.3) is 0 Å². The predicted molar refractivity (Wildman–Crippen MR) is 58.6 cm³/mol. The van der Waals surface area contributed by atoms with E-state index in [0.29, 0.717) is 19.7 Å². The van der Waals surface area contributed by atoms with Crippen molar-refractivity contribution in [3.63, 3.8) is 0 Å². The number of amides is 1. The van der Waals surface area contributed by atoms with Crippen molar-refractivity contribution in [2.45, 2.75) is 19.0 Å². The molecule has 1 aromatic rings. The molecular weight excluding hydrogens is 206 g/mol. The summed E-state index contributed by atoms with van der Waals surface area (Å²) in [5, 5.41) is 0. The van der Waals surface area contributed by atoms with Gasteiger partial charge in [-0.05, 0) is 17.7 Å². The summed E-state index contributed by atoms with van der Waals surface area (Å²) in [6, 6.07) is 3.85. The maximum absolute atomic E-state index is 11.6. The van der Waals surface area contributed by atoms with E-state index in [1.807, 2.05) is 12.1 Å². The third kappa shape index (κ3) is 2.30. The summed E-state index contributed by atoms with van der Waals surface area (Å²) in [6.45, 7) is 1.47. The molecule has 1 amide bonds. The number of hydrogen-bond donors (Lipinski definition) is 1. The summed E-state index contributed by atoms with van der Waals surface area (Å²) in [7, 11) is 0. The van der Waals surface area contributed by atoms with Gasteiger partial charge in [-0.2, -0.15) is 0 Å². The van der Waals surface area contributed by atoms with Crippen molar-refractivity contribution in [3.8, 4) is 0 Å². The van der Waals surface area contributed by atoms with Gasteiger partial charge < -0.3 is 10.5 Å². The number of pyridine rings is 1. The highest BCUT2D eigenvalue weighted by Crippen LogP contribution is 2.16. The smallest absolute Gasteiger partial charge is 0.410 e. The first-order chi connectivity index (χ1) is 7.81. The van der Waals surface area contributed by atoms with Crippen molar-refractivity contribution in [1.82, 2.24) is 9.88 Å². The van der Waals surface area contributed by atoms with E-state index in [4.69, 9.17) is 10.5 Å². The van der Waals surface area contributed by atoms with Gasteiger partial charge in [-0.1, -0.05) is 0 Å². The number of nitrogens with two attached hydrogens (primary N) is 1. The summed E-state index contributed by atoms with van der Waals surface area (Å²) >= 11 is 0. The molecular formula is C11H15N3O2. The van der Waals surface area contributed by atoms with Crippen LogP contribution in [0.5, 0.6) is 0 Å². The Labute approximate surface area is 94.2 Å². The Morgan fingerprint density at radius 1 is 1.50 bits per heavy atom. The zero-order valence-corrected chi connectivity index (χ0v) is 9.00. The lowest BCUT2D eigenvalue weighted by atomic mass is 10.1. The van der Waals surface area contributed by atoms with Crippen molar-refractivity contribution >= 4 is 6.09 Å². The van der Waals surface area contributed by atoms with Crippen LogP contribution in [0.25, 0.3) is 0 Å². The lowest BCUT2D eigenvalue weighted by Crippen LogP contribution is -2.48. The fourth-order valence-corrected chi connectivity index (χ4v) is 1.79. The quantitative estimate of drug-likeness (QED) is 0.817. The Kier molecular flexibility index (Phi) is 3.36. The van der Waals surface area contributed by atoms with Gasteiger partial charge in [0.1, 0.15) is 0 Å². The predicted octanol–water partition coefficient (Wildman–Crippen LogP) is 0.751. The summed E-state index contributed by atoms with van der Waals surface area (Å²) in [4.78, 5) is 17.2. The van der Waals surface area contributed by atoms with E-state index in [9.17, 15) is 4.79 Å². The van der Waals surface area contributed by atoms with Crippen LogP contribution in [-0.4, -0.2) is 35.2 Å². The van der Waals surface area contributed by atoms with E-state index in [2.05, 4.69) is 4.98 Å².